The SMILES string of the molecule is CCOc1ccc(C(=O)Nc2nnc(-c3ccc(C)cc3C)o2)cc1. The fourth-order valence-corrected chi connectivity index (χ4v) is 2.47. The molecule has 0 radical (unpaired) electrons. The van der Waals surface area contributed by atoms with Crippen LogP contribution in [0.1, 0.15) is 28.4 Å². The molecule has 0 saturated heterocycles. The molecule has 1 amide bonds. The molecule has 25 heavy (non-hydrogen) atoms. The molecule has 6 heteroatoms. The number of hydrogen-bond donors (Lipinski definition) is 1. The molecule has 3 rings (SSSR count). The summed E-state index contributed by atoms with van der Waals surface area (Å²) in [5.41, 5.74) is 3.52. The van der Waals surface area contributed by atoms with Gasteiger partial charge < -0.3 is 9.15 Å². The van der Waals surface area contributed by atoms with Crippen LogP contribution in [0.5, 0.6) is 5.75 Å². The first-order chi connectivity index (χ1) is 12.1. The Morgan fingerprint density at radius 3 is 2.56 bits per heavy atom. The van der Waals surface area contributed by atoms with Crippen molar-refractivity contribution in [2.75, 3.05) is 11.9 Å². The molecule has 0 aliphatic rings. The van der Waals surface area contributed by atoms with E-state index in [1.54, 1.807) is 24.3 Å². The summed E-state index contributed by atoms with van der Waals surface area (Å²) < 4.78 is 10.9. The summed E-state index contributed by atoms with van der Waals surface area (Å²) in [7, 11) is 0. The zero-order chi connectivity index (χ0) is 17.8. The van der Waals surface area contributed by atoms with E-state index in [1.165, 1.54) is 0 Å². The Hall–Kier alpha value is -3.15. The third-order valence-electron chi connectivity index (χ3n) is 3.69. The maximum atomic E-state index is 12.3. The summed E-state index contributed by atoms with van der Waals surface area (Å²) in [5.74, 6) is 0.771. The van der Waals surface area contributed by atoms with Crippen LogP contribution in [0.4, 0.5) is 6.01 Å². The number of hydrogen-bond acceptors (Lipinski definition) is 5. The first-order valence-corrected chi connectivity index (χ1v) is 8.02. The normalized spacial score (nSPS) is 10.5. The van der Waals surface area contributed by atoms with E-state index >= 15 is 0 Å². The van der Waals surface area contributed by atoms with Gasteiger partial charge in [-0.2, -0.15) is 0 Å². The van der Waals surface area contributed by atoms with Gasteiger partial charge >= 0.3 is 6.01 Å². The Morgan fingerprint density at radius 2 is 1.88 bits per heavy atom. The number of aryl methyl sites for hydroxylation is 2. The molecule has 0 unspecified atom stereocenters. The quantitative estimate of drug-likeness (QED) is 0.761. The number of nitrogens with zero attached hydrogens (tertiary/aromatic N) is 2. The average molecular weight is 337 g/mol. The van der Waals surface area contributed by atoms with Crippen molar-refractivity contribution in [1.29, 1.82) is 0 Å². The van der Waals surface area contributed by atoms with Crippen molar-refractivity contribution >= 4 is 11.9 Å². The van der Waals surface area contributed by atoms with Gasteiger partial charge in [0.1, 0.15) is 5.75 Å². The highest BCUT2D eigenvalue weighted by Crippen LogP contribution is 2.24. The molecule has 0 spiro atoms. The van der Waals surface area contributed by atoms with E-state index in [9.17, 15) is 4.79 Å². The third-order valence-corrected chi connectivity index (χ3v) is 3.69. The summed E-state index contributed by atoms with van der Waals surface area (Å²) in [6.45, 7) is 6.48. The minimum atomic E-state index is -0.320. The number of benzene rings is 2. The van der Waals surface area contributed by atoms with Crippen molar-refractivity contribution in [2.45, 2.75) is 20.8 Å². The average Bonchev–Trinajstić information content (AvgIpc) is 3.04. The molecule has 0 aliphatic heterocycles. The lowest BCUT2D eigenvalue weighted by atomic mass is 10.1. The fraction of sp³-hybridized carbons (Fsp3) is 0.211. The molecule has 1 heterocycles. The molecule has 0 fully saturated rings. The van der Waals surface area contributed by atoms with Crippen LogP contribution in [0.15, 0.2) is 46.9 Å². The molecule has 6 nitrogen and oxygen atoms in total. The number of ether oxygens (including phenoxy) is 1. The van der Waals surface area contributed by atoms with Crippen molar-refractivity contribution in [3.8, 4) is 17.2 Å². The largest absolute Gasteiger partial charge is 0.494 e. The summed E-state index contributed by atoms with van der Waals surface area (Å²) in [4.78, 5) is 12.3. The van der Waals surface area contributed by atoms with Crippen LogP contribution in [0, 0.1) is 13.8 Å². The highest BCUT2D eigenvalue weighted by atomic mass is 16.5. The van der Waals surface area contributed by atoms with E-state index in [4.69, 9.17) is 9.15 Å². The van der Waals surface area contributed by atoms with Crippen molar-refractivity contribution in [3.05, 3.63) is 59.2 Å². The molecule has 0 atom stereocenters. The van der Waals surface area contributed by atoms with Gasteiger partial charge in [-0.05, 0) is 56.7 Å². The predicted molar refractivity (Wildman–Crippen MR) is 94.8 cm³/mol. The van der Waals surface area contributed by atoms with E-state index in [1.807, 2.05) is 39.0 Å². The minimum absolute atomic E-state index is 0.0638. The lowest BCUT2D eigenvalue weighted by Crippen LogP contribution is -2.12. The summed E-state index contributed by atoms with van der Waals surface area (Å²) in [5, 5.41) is 10.5. The second-order valence-corrected chi connectivity index (χ2v) is 5.64. The number of carbonyl (C=O) groups is 1. The van der Waals surface area contributed by atoms with Gasteiger partial charge in [0.15, 0.2) is 0 Å². The van der Waals surface area contributed by atoms with Gasteiger partial charge in [-0.1, -0.05) is 22.8 Å². The number of aromatic nitrogens is 2. The summed E-state index contributed by atoms with van der Waals surface area (Å²) in [6, 6.07) is 12.9. The molecule has 0 saturated carbocycles. The Morgan fingerprint density at radius 1 is 1.12 bits per heavy atom. The Bertz CT molecular complexity index is 885. The predicted octanol–water partition coefficient (Wildman–Crippen LogP) is 4.00. The van der Waals surface area contributed by atoms with Gasteiger partial charge in [-0.25, -0.2) is 0 Å². The van der Waals surface area contributed by atoms with Crippen LogP contribution in [0.25, 0.3) is 11.5 Å². The Labute approximate surface area is 145 Å². The number of anilines is 1. The van der Waals surface area contributed by atoms with Crippen LogP contribution in [-0.4, -0.2) is 22.7 Å². The van der Waals surface area contributed by atoms with Gasteiger partial charge in [0, 0.05) is 11.1 Å². The van der Waals surface area contributed by atoms with E-state index in [-0.39, 0.29) is 11.9 Å². The second kappa shape index (κ2) is 7.17. The van der Waals surface area contributed by atoms with E-state index in [0.29, 0.717) is 23.8 Å². The highest BCUT2D eigenvalue weighted by molar-refractivity contribution is 6.03. The molecule has 1 N–H and O–H groups in total. The molecule has 3 aromatic rings. The van der Waals surface area contributed by atoms with Crippen LogP contribution in [-0.2, 0) is 0 Å². The molecule has 1 aromatic heterocycles. The monoisotopic (exact) mass is 337 g/mol. The number of amides is 1. The van der Waals surface area contributed by atoms with Crippen molar-refractivity contribution in [2.24, 2.45) is 0 Å². The zero-order valence-corrected chi connectivity index (χ0v) is 14.4. The highest BCUT2D eigenvalue weighted by Gasteiger charge is 2.14. The van der Waals surface area contributed by atoms with Crippen molar-refractivity contribution in [3.63, 3.8) is 0 Å². The lowest BCUT2D eigenvalue weighted by molar-refractivity contribution is 0.102. The number of nitrogens with one attached hydrogen (secondary N) is 1. The maximum Gasteiger partial charge on any atom is 0.322 e. The van der Waals surface area contributed by atoms with Gasteiger partial charge in [0.25, 0.3) is 5.91 Å². The Balaban J connectivity index is 1.73. The summed E-state index contributed by atoms with van der Waals surface area (Å²) >= 11 is 0. The molecule has 0 bridgehead atoms. The summed E-state index contributed by atoms with van der Waals surface area (Å²) in [6.07, 6.45) is 0. The van der Waals surface area contributed by atoms with Crippen LogP contribution >= 0.6 is 0 Å². The zero-order valence-electron chi connectivity index (χ0n) is 14.4. The van der Waals surface area contributed by atoms with Gasteiger partial charge in [-0.15, -0.1) is 5.10 Å². The molecule has 128 valence electrons. The van der Waals surface area contributed by atoms with Gasteiger partial charge in [0.2, 0.25) is 5.89 Å². The van der Waals surface area contributed by atoms with Gasteiger partial charge in [-0.3, -0.25) is 10.1 Å². The van der Waals surface area contributed by atoms with E-state index in [2.05, 4.69) is 15.5 Å². The van der Waals surface area contributed by atoms with Crippen molar-refractivity contribution < 1.29 is 13.9 Å². The number of rotatable bonds is 5. The topological polar surface area (TPSA) is 77.2 Å². The minimum Gasteiger partial charge on any atom is -0.494 e. The number of carbonyl (C=O) groups excluding carboxylic acids is 1. The first kappa shape index (κ1) is 16.7. The smallest absolute Gasteiger partial charge is 0.322 e. The van der Waals surface area contributed by atoms with Crippen LogP contribution < -0.4 is 10.1 Å². The van der Waals surface area contributed by atoms with Crippen LogP contribution in [0.2, 0.25) is 0 Å². The standard InChI is InChI=1S/C19H19N3O3/c1-4-24-15-8-6-14(7-9-15)17(23)20-19-22-21-18(25-19)16-10-5-12(2)11-13(16)3/h5-11H,4H2,1-3H3,(H,20,22,23). The molecular formula is C19H19N3O3. The van der Waals surface area contributed by atoms with Gasteiger partial charge in [0.05, 0.1) is 6.61 Å². The van der Waals surface area contributed by atoms with Crippen molar-refractivity contribution in [1.82, 2.24) is 10.2 Å². The molecule has 0 aliphatic carbocycles. The third kappa shape index (κ3) is 3.85. The van der Waals surface area contributed by atoms with E-state index in [0.717, 1.165) is 16.7 Å². The second-order valence-electron chi connectivity index (χ2n) is 5.64. The van der Waals surface area contributed by atoms with E-state index < -0.39 is 0 Å². The van der Waals surface area contributed by atoms with Crippen LogP contribution in [0.3, 0.4) is 0 Å². The lowest BCUT2D eigenvalue weighted by Gasteiger charge is -2.04. The molecule has 2 aromatic carbocycles. The fourth-order valence-electron chi connectivity index (χ4n) is 2.47. The Kier molecular flexibility index (Phi) is 4.79. The maximum absolute atomic E-state index is 12.3. The molecular weight excluding hydrogens is 318 g/mol. The first-order valence-electron chi connectivity index (χ1n) is 8.02.